The molecule has 1 aliphatic carbocycles. The highest BCUT2D eigenvalue weighted by atomic mass is 35.5. The molecule has 29 heavy (non-hydrogen) atoms. The summed E-state index contributed by atoms with van der Waals surface area (Å²) < 4.78 is 5.97. The average Bonchev–Trinajstić information content (AvgIpc) is 3.08. The highest BCUT2D eigenvalue weighted by molar-refractivity contribution is 5.92. The van der Waals surface area contributed by atoms with Crippen LogP contribution >= 0.6 is 12.4 Å². The zero-order valence-electron chi connectivity index (χ0n) is 15.7. The molecular formula is C20H22ClN3O5. The van der Waals surface area contributed by atoms with Gasteiger partial charge in [0, 0.05) is 47.9 Å². The fourth-order valence-electron chi connectivity index (χ4n) is 4.61. The highest BCUT2D eigenvalue weighted by Crippen LogP contribution is 2.47. The van der Waals surface area contributed by atoms with E-state index in [0.717, 1.165) is 18.8 Å². The maximum atomic E-state index is 12.3. The lowest BCUT2D eigenvalue weighted by molar-refractivity contribution is 0.0691. The van der Waals surface area contributed by atoms with Gasteiger partial charge in [0.25, 0.3) is 5.56 Å². The summed E-state index contributed by atoms with van der Waals surface area (Å²) in [5.41, 5.74) is 7.01. The standard InChI is InChI=1S/C20H21N3O5.ClH/c1-8-7-28-13-4-9(23-5-11-12(6-23)16(11)21)2-3-10(13)17-14(8)18(24)15(20(26)27)19(25)22-17;/h2-4,8,11-12,16H,5-7,21H2,1H3,(H,26,27)(H2,22,24,25);1H/t8?,11-,12+,16+;. The summed E-state index contributed by atoms with van der Waals surface area (Å²) in [5.74, 6) is -0.524. The fourth-order valence-corrected chi connectivity index (χ4v) is 4.61. The van der Waals surface area contributed by atoms with E-state index in [0.29, 0.717) is 40.4 Å². The number of hydrogen-bond acceptors (Lipinski definition) is 6. The molecule has 1 unspecified atom stereocenters. The quantitative estimate of drug-likeness (QED) is 0.583. The summed E-state index contributed by atoms with van der Waals surface area (Å²) in [6, 6.07) is 6.06. The van der Waals surface area contributed by atoms with Gasteiger partial charge < -0.3 is 30.6 Å². The van der Waals surface area contributed by atoms with Crippen LogP contribution in [0.25, 0.3) is 11.3 Å². The second-order valence-corrected chi connectivity index (χ2v) is 7.97. The van der Waals surface area contributed by atoms with Crippen LogP contribution in [0.4, 0.5) is 5.69 Å². The maximum Gasteiger partial charge on any atom is 0.345 e. The third-order valence-electron chi connectivity index (χ3n) is 6.28. The van der Waals surface area contributed by atoms with Crippen molar-refractivity contribution in [1.29, 1.82) is 0 Å². The van der Waals surface area contributed by atoms with Crippen molar-refractivity contribution in [3.05, 3.63) is 39.7 Å². The number of aromatic carboxylic acids is 1. The number of fused-ring (bicyclic) bond motifs is 4. The molecule has 9 heteroatoms. The molecule has 1 aromatic heterocycles. The number of carbonyl (C=O) groups is 1. The Morgan fingerprint density at radius 3 is 2.66 bits per heavy atom. The van der Waals surface area contributed by atoms with Gasteiger partial charge >= 0.3 is 5.97 Å². The molecule has 0 spiro atoms. The Morgan fingerprint density at radius 2 is 2.00 bits per heavy atom. The number of benzene rings is 1. The number of carboxylic acid groups (broad SMARTS) is 1. The number of ether oxygens (including phenoxy) is 1. The number of hydrogen-bond donors (Lipinski definition) is 4. The molecule has 1 aromatic carbocycles. The molecule has 0 bridgehead atoms. The first kappa shape index (κ1) is 19.6. The summed E-state index contributed by atoms with van der Waals surface area (Å²) in [6.45, 7) is 3.94. The zero-order chi connectivity index (χ0) is 19.7. The predicted molar refractivity (Wildman–Crippen MR) is 109 cm³/mol. The molecule has 0 radical (unpaired) electrons. The van der Waals surface area contributed by atoms with Crippen molar-refractivity contribution in [2.75, 3.05) is 24.6 Å². The summed E-state index contributed by atoms with van der Waals surface area (Å²) in [4.78, 5) is 28.6. The lowest BCUT2D eigenvalue weighted by Crippen LogP contribution is -2.27. The van der Waals surface area contributed by atoms with Crippen LogP contribution < -0.4 is 20.9 Å². The number of rotatable bonds is 2. The van der Waals surface area contributed by atoms with Crippen molar-refractivity contribution in [3.8, 4) is 22.8 Å². The minimum Gasteiger partial charge on any atom is -0.506 e. The Labute approximate surface area is 172 Å². The van der Waals surface area contributed by atoms with Crippen LogP contribution in [0, 0.1) is 11.8 Å². The van der Waals surface area contributed by atoms with Gasteiger partial charge in [-0.1, -0.05) is 6.92 Å². The van der Waals surface area contributed by atoms with E-state index < -0.39 is 22.8 Å². The largest absolute Gasteiger partial charge is 0.506 e. The molecule has 1 saturated carbocycles. The van der Waals surface area contributed by atoms with Crippen LogP contribution in [-0.2, 0) is 0 Å². The number of nitrogens with one attached hydrogen (secondary N) is 1. The second kappa shape index (κ2) is 6.67. The number of piperidine rings is 1. The van der Waals surface area contributed by atoms with E-state index in [1.807, 2.05) is 25.1 Å². The van der Waals surface area contributed by atoms with Gasteiger partial charge in [-0.3, -0.25) is 4.79 Å². The lowest BCUT2D eigenvalue weighted by atomic mass is 9.94. The van der Waals surface area contributed by atoms with Crippen molar-refractivity contribution >= 4 is 24.1 Å². The molecule has 4 atom stereocenters. The average molecular weight is 420 g/mol. The van der Waals surface area contributed by atoms with Crippen molar-refractivity contribution in [3.63, 3.8) is 0 Å². The Morgan fingerprint density at radius 1 is 1.31 bits per heavy atom. The third-order valence-corrected chi connectivity index (χ3v) is 6.28. The smallest absolute Gasteiger partial charge is 0.345 e. The van der Waals surface area contributed by atoms with E-state index in [1.165, 1.54) is 0 Å². The molecule has 2 aliphatic heterocycles. The lowest BCUT2D eigenvalue weighted by Gasteiger charge is -2.22. The molecule has 5 N–H and O–H groups in total. The molecule has 3 aliphatic rings. The van der Waals surface area contributed by atoms with Crippen molar-refractivity contribution in [2.24, 2.45) is 17.6 Å². The van der Waals surface area contributed by atoms with Gasteiger partial charge in [0.15, 0.2) is 5.56 Å². The Balaban J connectivity index is 0.00000205. The first-order chi connectivity index (χ1) is 13.4. The van der Waals surface area contributed by atoms with E-state index in [1.54, 1.807) is 0 Å². The van der Waals surface area contributed by atoms with Gasteiger partial charge in [-0.15, -0.1) is 12.4 Å². The number of halogens is 1. The molecule has 154 valence electrons. The van der Waals surface area contributed by atoms with Gasteiger partial charge in [-0.2, -0.15) is 0 Å². The van der Waals surface area contributed by atoms with E-state index >= 15 is 0 Å². The first-order valence-electron chi connectivity index (χ1n) is 9.37. The summed E-state index contributed by atoms with van der Waals surface area (Å²) >= 11 is 0. The van der Waals surface area contributed by atoms with Gasteiger partial charge in [-0.05, 0) is 24.0 Å². The molecule has 2 aromatic rings. The van der Waals surface area contributed by atoms with Gasteiger partial charge in [0.1, 0.15) is 11.5 Å². The normalized spacial score (nSPS) is 26.3. The topological polar surface area (TPSA) is 129 Å². The molecule has 2 fully saturated rings. The number of nitrogens with zero attached hydrogens (tertiary/aromatic N) is 1. The van der Waals surface area contributed by atoms with Gasteiger partial charge in [0.05, 0.1) is 12.3 Å². The van der Waals surface area contributed by atoms with Crippen LogP contribution in [0.2, 0.25) is 0 Å². The first-order valence-corrected chi connectivity index (χ1v) is 9.37. The minimum absolute atomic E-state index is 0. The third kappa shape index (κ3) is 2.86. The van der Waals surface area contributed by atoms with Crippen LogP contribution in [0.5, 0.6) is 11.5 Å². The number of H-pyrrole nitrogens is 1. The van der Waals surface area contributed by atoms with Crippen LogP contribution in [0.15, 0.2) is 23.0 Å². The monoisotopic (exact) mass is 419 g/mol. The van der Waals surface area contributed by atoms with Crippen LogP contribution in [0.3, 0.4) is 0 Å². The SMILES string of the molecule is CC1COc2cc(N3C[C@@H]4[C@@H](N)[C@@H]4C3)ccc2-c2[nH]c(=O)c(C(=O)O)c(O)c21.Cl. The number of nitrogens with two attached hydrogens (primary N) is 1. The fraction of sp³-hybridized carbons (Fsp3) is 0.400. The van der Waals surface area contributed by atoms with Crippen molar-refractivity contribution < 1.29 is 19.7 Å². The molecule has 0 amide bonds. The zero-order valence-corrected chi connectivity index (χ0v) is 16.5. The highest BCUT2D eigenvalue weighted by Gasteiger charge is 2.53. The summed E-state index contributed by atoms with van der Waals surface area (Å²) in [5, 5.41) is 19.8. The summed E-state index contributed by atoms with van der Waals surface area (Å²) in [6.07, 6.45) is 0. The van der Waals surface area contributed by atoms with Gasteiger partial charge in [0.2, 0.25) is 0 Å². The number of carboxylic acids is 1. The van der Waals surface area contributed by atoms with E-state index in [4.69, 9.17) is 10.5 Å². The Hall–Kier alpha value is -2.71. The number of aromatic amines is 1. The number of anilines is 1. The van der Waals surface area contributed by atoms with E-state index in [9.17, 15) is 19.8 Å². The van der Waals surface area contributed by atoms with Gasteiger partial charge in [-0.25, -0.2) is 4.79 Å². The Kier molecular flexibility index (Phi) is 4.51. The predicted octanol–water partition coefficient (Wildman–Crippen LogP) is 1.76. The van der Waals surface area contributed by atoms with Crippen LogP contribution in [0.1, 0.15) is 28.8 Å². The number of pyridine rings is 1. The Bertz CT molecular complexity index is 1060. The van der Waals surface area contributed by atoms with Crippen molar-refractivity contribution in [1.82, 2.24) is 4.98 Å². The molecular weight excluding hydrogens is 398 g/mol. The van der Waals surface area contributed by atoms with Crippen molar-refractivity contribution in [2.45, 2.75) is 18.9 Å². The minimum atomic E-state index is -1.46. The maximum absolute atomic E-state index is 12.3. The molecule has 3 heterocycles. The molecule has 1 saturated heterocycles. The molecule has 8 nitrogen and oxygen atoms in total. The van der Waals surface area contributed by atoms with E-state index in [-0.39, 0.29) is 24.9 Å². The number of aromatic nitrogens is 1. The second-order valence-electron chi connectivity index (χ2n) is 7.97. The summed E-state index contributed by atoms with van der Waals surface area (Å²) in [7, 11) is 0. The number of aromatic hydroxyl groups is 1. The van der Waals surface area contributed by atoms with Crippen LogP contribution in [-0.4, -0.2) is 46.9 Å². The molecule has 5 rings (SSSR count). The van der Waals surface area contributed by atoms with E-state index in [2.05, 4.69) is 9.88 Å².